The van der Waals surface area contributed by atoms with Crippen LogP contribution in [0, 0.1) is 6.92 Å². The molecule has 0 amide bonds. The average molecular weight is 267 g/mol. The van der Waals surface area contributed by atoms with Gasteiger partial charge in [-0.2, -0.15) is 4.98 Å². The second kappa shape index (κ2) is 4.57. The fourth-order valence-corrected chi connectivity index (χ4v) is 1.61. The standard InChI is InChI=1S/C11H11BrN2O/c1-8-2-4-9(5-3-8)6-7-10-13-11(12)14-15-10/h2-5H,6-7H2,1H3. The smallest absolute Gasteiger partial charge is 0.238 e. The molecule has 1 aromatic heterocycles. The summed E-state index contributed by atoms with van der Waals surface area (Å²) in [6.07, 6.45) is 1.70. The number of nitrogens with zero attached hydrogens (tertiary/aromatic N) is 2. The summed E-state index contributed by atoms with van der Waals surface area (Å²) in [5.74, 6) is 0.669. The summed E-state index contributed by atoms with van der Waals surface area (Å²) in [7, 11) is 0. The summed E-state index contributed by atoms with van der Waals surface area (Å²) in [5.41, 5.74) is 2.56. The Labute approximate surface area is 96.6 Å². The Morgan fingerprint density at radius 3 is 2.53 bits per heavy atom. The molecule has 15 heavy (non-hydrogen) atoms. The summed E-state index contributed by atoms with van der Waals surface area (Å²) >= 11 is 3.15. The van der Waals surface area contributed by atoms with E-state index in [1.165, 1.54) is 11.1 Å². The van der Waals surface area contributed by atoms with E-state index in [9.17, 15) is 0 Å². The van der Waals surface area contributed by atoms with E-state index >= 15 is 0 Å². The number of benzene rings is 1. The Morgan fingerprint density at radius 2 is 1.93 bits per heavy atom. The van der Waals surface area contributed by atoms with Crippen molar-refractivity contribution in [3.63, 3.8) is 0 Å². The first-order valence-corrected chi connectivity index (χ1v) is 5.57. The predicted molar refractivity (Wildman–Crippen MR) is 60.6 cm³/mol. The zero-order chi connectivity index (χ0) is 10.7. The molecule has 0 radical (unpaired) electrons. The first-order chi connectivity index (χ1) is 7.24. The highest BCUT2D eigenvalue weighted by molar-refractivity contribution is 9.10. The third-order valence-corrected chi connectivity index (χ3v) is 2.51. The third-order valence-electron chi connectivity index (χ3n) is 2.19. The van der Waals surface area contributed by atoms with Crippen LogP contribution in [0.4, 0.5) is 0 Å². The first-order valence-electron chi connectivity index (χ1n) is 4.77. The van der Waals surface area contributed by atoms with Crippen molar-refractivity contribution in [3.8, 4) is 0 Å². The van der Waals surface area contributed by atoms with Gasteiger partial charge in [-0.1, -0.05) is 29.8 Å². The summed E-state index contributed by atoms with van der Waals surface area (Å²) < 4.78 is 5.52. The highest BCUT2D eigenvalue weighted by Crippen LogP contribution is 2.09. The lowest BCUT2D eigenvalue weighted by atomic mass is 10.1. The van der Waals surface area contributed by atoms with E-state index in [-0.39, 0.29) is 0 Å². The lowest BCUT2D eigenvalue weighted by Gasteiger charge is -1.98. The van der Waals surface area contributed by atoms with E-state index < -0.39 is 0 Å². The summed E-state index contributed by atoms with van der Waals surface area (Å²) in [6.45, 7) is 2.08. The third kappa shape index (κ3) is 2.89. The van der Waals surface area contributed by atoms with Gasteiger partial charge in [-0.25, -0.2) is 0 Å². The predicted octanol–water partition coefficient (Wildman–Crippen LogP) is 2.93. The van der Waals surface area contributed by atoms with Crippen molar-refractivity contribution in [2.75, 3.05) is 0 Å². The maximum absolute atomic E-state index is 5.00. The minimum Gasteiger partial charge on any atom is -0.338 e. The van der Waals surface area contributed by atoms with E-state index in [2.05, 4.69) is 57.3 Å². The molecule has 0 atom stereocenters. The van der Waals surface area contributed by atoms with Crippen LogP contribution in [-0.2, 0) is 12.8 Å². The number of halogens is 1. The molecular formula is C11H11BrN2O. The molecule has 1 aromatic carbocycles. The van der Waals surface area contributed by atoms with Crippen LogP contribution in [-0.4, -0.2) is 10.1 Å². The van der Waals surface area contributed by atoms with Crippen molar-refractivity contribution in [2.24, 2.45) is 0 Å². The van der Waals surface area contributed by atoms with Gasteiger partial charge in [0.25, 0.3) is 0 Å². The quantitative estimate of drug-likeness (QED) is 0.858. The molecule has 0 aliphatic heterocycles. The van der Waals surface area contributed by atoms with Gasteiger partial charge in [0.15, 0.2) is 0 Å². The molecule has 4 heteroatoms. The number of aryl methyl sites for hydroxylation is 3. The molecular weight excluding hydrogens is 256 g/mol. The molecule has 0 aliphatic carbocycles. The minimum absolute atomic E-state index is 0.515. The Morgan fingerprint density at radius 1 is 1.20 bits per heavy atom. The number of hydrogen-bond donors (Lipinski definition) is 0. The summed E-state index contributed by atoms with van der Waals surface area (Å²) in [5, 5.41) is 3.67. The fourth-order valence-electron chi connectivity index (χ4n) is 1.34. The Hall–Kier alpha value is -1.16. The van der Waals surface area contributed by atoms with Gasteiger partial charge in [0.2, 0.25) is 10.6 Å². The molecule has 0 N–H and O–H groups in total. The lowest BCUT2D eigenvalue weighted by molar-refractivity contribution is 0.375. The van der Waals surface area contributed by atoms with E-state index in [0.717, 1.165) is 12.8 Å². The van der Waals surface area contributed by atoms with Crippen LogP contribution in [0.2, 0.25) is 0 Å². The van der Waals surface area contributed by atoms with Crippen molar-refractivity contribution < 1.29 is 4.52 Å². The Balaban J connectivity index is 1.96. The van der Waals surface area contributed by atoms with Crippen molar-refractivity contribution in [1.29, 1.82) is 0 Å². The molecule has 1 heterocycles. The zero-order valence-corrected chi connectivity index (χ0v) is 9.99. The van der Waals surface area contributed by atoms with E-state index in [1.807, 2.05) is 0 Å². The van der Waals surface area contributed by atoms with Gasteiger partial charge in [0.05, 0.1) is 0 Å². The molecule has 2 rings (SSSR count). The maximum atomic E-state index is 5.00. The summed E-state index contributed by atoms with van der Waals surface area (Å²) in [6, 6.07) is 8.47. The highest BCUT2D eigenvalue weighted by Gasteiger charge is 2.03. The van der Waals surface area contributed by atoms with E-state index in [0.29, 0.717) is 10.6 Å². The van der Waals surface area contributed by atoms with Crippen molar-refractivity contribution in [1.82, 2.24) is 10.1 Å². The largest absolute Gasteiger partial charge is 0.338 e. The topological polar surface area (TPSA) is 38.9 Å². The number of rotatable bonds is 3. The van der Waals surface area contributed by atoms with Gasteiger partial charge >= 0.3 is 0 Å². The molecule has 0 fully saturated rings. The molecule has 0 saturated carbocycles. The van der Waals surface area contributed by atoms with Crippen molar-refractivity contribution in [2.45, 2.75) is 19.8 Å². The SMILES string of the molecule is Cc1ccc(CCc2nc(Br)no2)cc1. The molecule has 0 saturated heterocycles. The van der Waals surface area contributed by atoms with Gasteiger partial charge in [-0.3, -0.25) is 0 Å². The fraction of sp³-hybridized carbons (Fsp3) is 0.273. The van der Waals surface area contributed by atoms with Gasteiger partial charge in [0, 0.05) is 6.42 Å². The molecule has 2 aromatic rings. The highest BCUT2D eigenvalue weighted by atomic mass is 79.9. The van der Waals surface area contributed by atoms with Gasteiger partial charge in [0.1, 0.15) is 0 Å². The van der Waals surface area contributed by atoms with Gasteiger partial charge in [-0.15, -0.1) is 0 Å². The van der Waals surface area contributed by atoms with E-state index in [4.69, 9.17) is 4.52 Å². The van der Waals surface area contributed by atoms with Crippen LogP contribution in [0.15, 0.2) is 33.5 Å². The van der Waals surface area contributed by atoms with Crippen LogP contribution in [0.3, 0.4) is 0 Å². The van der Waals surface area contributed by atoms with Crippen LogP contribution in [0.1, 0.15) is 17.0 Å². The van der Waals surface area contributed by atoms with Crippen LogP contribution in [0.5, 0.6) is 0 Å². The van der Waals surface area contributed by atoms with E-state index in [1.54, 1.807) is 0 Å². The maximum Gasteiger partial charge on any atom is 0.238 e. The molecule has 0 spiro atoms. The van der Waals surface area contributed by atoms with Gasteiger partial charge in [-0.05, 0) is 40.0 Å². The molecule has 0 unspecified atom stereocenters. The van der Waals surface area contributed by atoms with Crippen molar-refractivity contribution in [3.05, 3.63) is 46.0 Å². The van der Waals surface area contributed by atoms with Crippen LogP contribution in [0.25, 0.3) is 0 Å². The van der Waals surface area contributed by atoms with Gasteiger partial charge < -0.3 is 4.52 Å². The van der Waals surface area contributed by atoms with Crippen LogP contribution < -0.4 is 0 Å². The first kappa shape index (κ1) is 10.4. The monoisotopic (exact) mass is 266 g/mol. The molecule has 0 bridgehead atoms. The minimum atomic E-state index is 0.515. The summed E-state index contributed by atoms with van der Waals surface area (Å²) in [4.78, 5) is 4.08. The number of hydrogen-bond acceptors (Lipinski definition) is 3. The lowest BCUT2D eigenvalue weighted by Crippen LogP contribution is -1.91. The molecule has 78 valence electrons. The normalized spacial score (nSPS) is 10.5. The second-order valence-electron chi connectivity index (χ2n) is 3.44. The van der Waals surface area contributed by atoms with Crippen molar-refractivity contribution >= 4 is 15.9 Å². The Bertz CT molecular complexity index is 436. The average Bonchev–Trinajstić information content (AvgIpc) is 2.64. The van der Waals surface area contributed by atoms with Crippen LogP contribution >= 0.6 is 15.9 Å². The Kier molecular flexibility index (Phi) is 3.16. The second-order valence-corrected chi connectivity index (χ2v) is 4.15. The number of aromatic nitrogens is 2. The zero-order valence-electron chi connectivity index (χ0n) is 8.40. The molecule has 3 nitrogen and oxygen atoms in total. The molecule has 0 aliphatic rings.